The van der Waals surface area contributed by atoms with E-state index in [2.05, 4.69) is 10.7 Å². The Labute approximate surface area is 200 Å². The van der Waals surface area contributed by atoms with Gasteiger partial charge in [-0.1, -0.05) is 60.7 Å². The van der Waals surface area contributed by atoms with Crippen molar-refractivity contribution in [2.45, 2.75) is 38.4 Å². The molecular formula is C25H25N5O5. The SMILES string of the molecule is CC1(CCc2ccccc2)NC(=O)N(NC(=O)Cn2c(=O)ccn(Cc3ccccc3)c2=O)C1=O. The van der Waals surface area contributed by atoms with Gasteiger partial charge in [0.15, 0.2) is 0 Å². The molecule has 10 nitrogen and oxygen atoms in total. The monoisotopic (exact) mass is 475 g/mol. The topological polar surface area (TPSA) is 123 Å². The number of hydrogen-bond donors (Lipinski definition) is 2. The third-order valence-corrected chi connectivity index (χ3v) is 5.89. The van der Waals surface area contributed by atoms with Crippen molar-refractivity contribution in [1.82, 2.24) is 24.9 Å². The number of benzene rings is 2. The van der Waals surface area contributed by atoms with E-state index in [1.54, 1.807) is 6.92 Å². The Morgan fingerprint density at radius 1 is 0.914 bits per heavy atom. The van der Waals surface area contributed by atoms with Crippen LogP contribution >= 0.6 is 0 Å². The number of nitrogens with zero attached hydrogens (tertiary/aromatic N) is 3. The fourth-order valence-electron chi connectivity index (χ4n) is 3.90. The first kappa shape index (κ1) is 23.7. The number of imide groups is 1. The second-order valence-electron chi connectivity index (χ2n) is 8.56. The summed E-state index contributed by atoms with van der Waals surface area (Å²) in [6.07, 6.45) is 2.24. The third kappa shape index (κ3) is 5.21. The molecule has 0 spiro atoms. The molecule has 1 aliphatic rings. The van der Waals surface area contributed by atoms with Gasteiger partial charge in [0.1, 0.15) is 12.1 Å². The van der Waals surface area contributed by atoms with Gasteiger partial charge in [-0.3, -0.25) is 28.9 Å². The summed E-state index contributed by atoms with van der Waals surface area (Å²) in [5.41, 5.74) is 1.53. The third-order valence-electron chi connectivity index (χ3n) is 5.89. The highest BCUT2D eigenvalue weighted by Crippen LogP contribution is 2.22. The van der Waals surface area contributed by atoms with Crippen LogP contribution in [0.3, 0.4) is 0 Å². The van der Waals surface area contributed by atoms with Gasteiger partial charge in [-0.05, 0) is 30.9 Å². The maximum atomic E-state index is 12.9. The van der Waals surface area contributed by atoms with E-state index < -0.39 is 41.2 Å². The summed E-state index contributed by atoms with van der Waals surface area (Å²) in [5, 5.41) is 3.22. The van der Waals surface area contributed by atoms with Crippen LogP contribution in [-0.2, 0) is 29.1 Å². The summed E-state index contributed by atoms with van der Waals surface area (Å²) in [6.45, 7) is 1.16. The van der Waals surface area contributed by atoms with Crippen molar-refractivity contribution >= 4 is 17.8 Å². The Morgan fingerprint density at radius 2 is 1.54 bits per heavy atom. The molecule has 0 saturated carbocycles. The van der Waals surface area contributed by atoms with Crippen molar-refractivity contribution in [1.29, 1.82) is 0 Å². The molecule has 3 aromatic rings. The number of carbonyl (C=O) groups excluding carboxylic acids is 3. The number of aromatic nitrogens is 2. The van der Waals surface area contributed by atoms with Crippen molar-refractivity contribution in [3.05, 3.63) is 105 Å². The number of carbonyl (C=O) groups is 3. The zero-order valence-electron chi connectivity index (χ0n) is 19.1. The van der Waals surface area contributed by atoms with Gasteiger partial charge in [0.25, 0.3) is 17.4 Å². The molecule has 0 bridgehead atoms. The van der Waals surface area contributed by atoms with Crippen molar-refractivity contribution in [2.24, 2.45) is 0 Å². The van der Waals surface area contributed by atoms with Crippen LogP contribution in [0.25, 0.3) is 0 Å². The second kappa shape index (κ2) is 9.80. The summed E-state index contributed by atoms with van der Waals surface area (Å²) < 4.78 is 2.06. The first-order valence-corrected chi connectivity index (χ1v) is 11.1. The molecule has 2 N–H and O–H groups in total. The highest BCUT2D eigenvalue weighted by Gasteiger charge is 2.48. The first-order valence-electron chi connectivity index (χ1n) is 11.1. The summed E-state index contributed by atoms with van der Waals surface area (Å²) in [6, 6.07) is 19.1. The summed E-state index contributed by atoms with van der Waals surface area (Å²) in [4.78, 5) is 63.1. The Balaban J connectivity index is 1.44. The zero-order valence-corrected chi connectivity index (χ0v) is 19.1. The minimum absolute atomic E-state index is 0.217. The van der Waals surface area contributed by atoms with Crippen LogP contribution < -0.4 is 22.0 Å². The maximum absolute atomic E-state index is 12.9. The lowest BCUT2D eigenvalue weighted by atomic mass is 9.93. The van der Waals surface area contributed by atoms with Gasteiger partial charge in [0.05, 0.1) is 6.54 Å². The number of hydrazine groups is 1. The van der Waals surface area contributed by atoms with Gasteiger partial charge in [0, 0.05) is 12.3 Å². The van der Waals surface area contributed by atoms with E-state index in [1.807, 2.05) is 60.7 Å². The fourth-order valence-corrected chi connectivity index (χ4v) is 3.90. The lowest BCUT2D eigenvalue weighted by Crippen LogP contribution is -2.51. The molecular weight excluding hydrogens is 450 g/mol. The van der Waals surface area contributed by atoms with Crippen molar-refractivity contribution in [3.63, 3.8) is 0 Å². The lowest BCUT2D eigenvalue weighted by Gasteiger charge is -2.21. The van der Waals surface area contributed by atoms with Crippen LogP contribution in [0.5, 0.6) is 0 Å². The predicted molar refractivity (Wildman–Crippen MR) is 127 cm³/mol. The lowest BCUT2D eigenvalue weighted by molar-refractivity contribution is -0.139. The number of urea groups is 1. The van der Waals surface area contributed by atoms with Crippen molar-refractivity contribution < 1.29 is 14.4 Å². The summed E-state index contributed by atoms with van der Waals surface area (Å²) >= 11 is 0. The fraction of sp³-hybridized carbons (Fsp3) is 0.240. The minimum Gasteiger partial charge on any atom is -0.322 e. The molecule has 35 heavy (non-hydrogen) atoms. The Bertz CT molecular complexity index is 1370. The van der Waals surface area contributed by atoms with E-state index in [1.165, 1.54) is 16.8 Å². The maximum Gasteiger partial charge on any atom is 0.344 e. The molecule has 180 valence electrons. The average Bonchev–Trinajstić information content (AvgIpc) is 3.07. The Kier molecular flexibility index (Phi) is 6.63. The largest absolute Gasteiger partial charge is 0.344 e. The molecule has 1 aliphatic heterocycles. The normalized spacial score (nSPS) is 17.3. The number of amides is 4. The van der Waals surface area contributed by atoms with E-state index >= 15 is 0 Å². The van der Waals surface area contributed by atoms with E-state index in [0.717, 1.165) is 15.7 Å². The van der Waals surface area contributed by atoms with Crippen molar-refractivity contribution in [3.8, 4) is 0 Å². The van der Waals surface area contributed by atoms with Gasteiger partial charge in [0.2, 0.25) is 0 Å². The molecule has 0 aliphatic carbocycles. The standard InChI is InChI=1S/C25H25N5O5/c1-25(14-12-18-8-4-2-5-9-18)22(33)30(23(34)26-25)27-20(31)17-29-21(32)13-15-28(24(29)35)16-19-10-6-3-7-11-19/h2-11,13,15H,12,14,16-17H2,1H3,(H,26,34)(H,27,31). The van der Waals surface area contributed by atoms with Gasteiger partial charge in [-0.2, -0.15) is 5.01 Å². The quantitative estimate of drug-likeness (QED) is 0.471. The van der Waals surface area contributed by atoms with E-state index in [0.29, 0.717) is 17.9 Å². The number of aryl methyl sites for hydroxylation is 1. The smallest absolute Gasteiger partial charge is 0.322 e. The molecule has 0 radical (unpaired) electrons. The van der Waals surface area contributed by atoms with Crippen LogP contribution in [0.15, 0.2) is 82.5 Å². The van der Waals surface area contributed by atoms with Gasteiger partial charge < -0.3 is 5.32 Å². The summed E-state index contributed by atoms with van der Waals surface area (Å²) in [7, 11) is 0. The number of rotatable bonds is 8. The molecule has 1 unspecified atom stereocenters. The number of hydrogen-bond acceptors (Lipinski definition) is 5. The number of nitrogens with one attached hydrogen (secondary N) is 2. The van der Waals surface area contributed by atoms with Gasteiger partial charge in [-0.15, -0.1) is 0 Å². The molecule has 2 heterocycles. The summed E-state index contributed by atoms with van der Waals surface area (Å²) in [5.74, 6) is -1.47. The van der Waals surface area contributed by atoms with Crippen LogP contribution in [0.1, 0.15) is 24.5 Å². The zero-order chi connectivity index (χ0) is 25.0. The minimum atomic E-state index is -1.20. The molecule has 2 aromatic carbocycles. The highest BCUT2D eigenvalue weighted by atomic mass is 16.2. The highest BCUT2D eigenvalue weighted by molar-refractivity contribution is 6.07. The molecule has 10 heteroatoms. The molecule has 1 aromatic heterocycles. The molecule has 1 fully saturated rings. The predicted octanol–water partition coefficient (Wildman–Crippen LogP) is 1.03. The molecule has 1 saturated heterocycles. The molecule has 4 rings (SSSR count). The molecule has 1 atom stereocenters. The first-order chi connectivity index (χ1) is 16.8. The Morgan fingerprint density at radius 3 is 2.20 bits per heavy atom. The van der Waals surface area contributed by atoms with Crippen LogP contribution in [0.2, 0.25) is 0 Å². The van der Waals surface area contributed by atoms with E-state index in [9.17, 15) is 24.0 Å². The Hall–Kier alpha value is -4.47. The van der Waals surface area contributed by atoms with Crippen LogP contribution in [-0.4, -0.2) is 37.5 Å². The van der Waals surface area contributed by atoms with Gasteiger partial charge >= 0.3 is 11.7 Å². The van der Waals surface area contributed by atoms with Gasteiger partial charge in [-0.25, -0.2) is 9.59 Å². The van der Waals surface area contributed by atoms with E-state index in [4.69, 9.17) is 0 Å². The van der Waals surface area contributed by atoms with E-state index in [-0.39, 0.29) is 6.54 Å². The molecule has 4 amide bonds. The average molecular weight is 476 g/mol. The van der Waals surface area contributed by atoms with Crippen LogP contribution in [0.4, 0.5) is 4.79 Å². The second-order valence-corrected chi connectivity index (χ2v) is 8.56. The van der Waals surface area contributed by atoms with Crippen molar-refractivity contribution in [2.75, 3.05) is 0 Å². The van der Waals surface area contributed by atoms with Crippen LogP contribution in [0, 0.1) is 0 Å².